The lowest BCUT2D eigenvalue weighted by molar-refractivity contribution is -0.319. The summed E-state index contributed by atoms with van der Waals surface area (Å²) in [6.45, 7) is 18.2. The number of methoxy groups -OCH3 is 2. The van der Waals surface area contributed by atoms with Crippen molar-refractivity contribution in [2.75, 3.05) is 34.9 Å². The van der Waals surface area contributed by atoms with Gasteiger partial charge in [0.1, 0.15) is 30.0 Å². The zero-order valence-electron chi connectivity index (χ0n) is 34.2. The van der Waals surface area contributed by atoms with E-state index in [0.717, 1.165) is 0 Å². The van der Waals surface area contributed by atoms with E-state index in [1.807, 2.05) is 34.9 Å². The van der Waals surface area contributed by atoms with E-state index < -0.39 is 96.0 Å². The first kappa shape index (κ1) is 45.4. The third-order valence-corrected chi connectivity index (χ3v) is 12.0. The van der Waals surface area contributed by atoms with Gasteiger partial charge in [-0.15, -0.1) is 0 Å². The highest BCUT2D eigenvalue weighted by atomic mass is 16.7. The Bertz CT molecular complexity index is 1130. The minimum Gasteiger partial charge on any atom is -0.459 e. The van der Waals surface area contributed by atoms with Gasteiger partial charge in [-0.3, -0.25) is 4.79 Å². The first-order valence-electron chi connectivity index (χ1n) is 19.1. The number of aliphatic hydroxyl groups excluding tert-OH is 2. The second kappa shape index (κ2) is 18.3. The van der Waals surface area contributed by atoms with Gasteiger partial charge in [0.05, 0.1) is 41.5 Å². The maximum atomic E-state index is 14.2. The van der Waals surface area contributed by atoms with Crippen molar-refractivity contribution in [1.82, 2.24) is 10.2 Å². The topological polar surface area (TPSA) is 178 Å². The third-order valence-electron chi connectivity index (χ3n) is 12.0. The molecule has 0 radical (unpaired) electrons. The van der Waals surface area contributed by atoms with Crippen LogP contribution >= 0.6 is 0 Å². The van der Waals surface area contributed by atoms with Crippen LogP contribution in [0.4, 0.5) is 0 Å². The molecule has 0 aromatic carbocycles. The molecule has 0 amide bonds. The number of hydrogen-bond acceptors (Lipinski definition) is 14. The number of hydrogen-bond donors (Lipinski definition) is 5. The molecule has 52 heavy (non-hydrogen) atoms. The Kier molecular flexibility index (Phi) is 16.0. The third kappa shape index (κ3) is 10.2. The molecule has 3 rings (SSSR count). The lowest BCUT2D eigenvalue weighted by atomic mass is 9.77. The zero-order chi connectivity index (χ0) is 39.5. The second-order valence-corrected chi connectivity index (χ2v) is 16.9. The molecule has 14 heteroatoms. The Labute approximate surface area is 312 Å². The molecular formula is C38H72N2O12. The molecule has 306 valence electrons. The fourth-order valence-corrected chi connectivity index (χ4v) is 8.61. The molecule has 3 aliphatic rings. The fourth-order valence-electron chi connectivity index (χ4n) is 8.61. The van der Waals surface area contributed by atoms with E-state index in [4.69, 9.17) is 33.2 Å². The maximum Gasteiger partial charge on any atom is 0.311 e. The molecule has 0 saturated carbocycles. The van der Waals surface area contributed by atoms with E-state index >= 15 is 0 Å². The lowest BCUT2D eigenvalue weighted by Gasteiger charge is -2.49. The molecule has 3 saturated heterocycles. The van der Waals surface area contributed by atoms with Crippen LogP contribution in [0.2, 0.25) is 0 Å². The van der Waals surface area contributed by atoms with Crippen molar-refractivity contribution in [3.05, 3.63) is 0 Å². The van der Waals surface area contributed by atoms with Crippen LogP contribution < -0.4 is 5.32 Å². The first-order chi connectivity index (χ1) is 24.0. The number of esters is 1. The van der Waals surface area contributed by atoms with E-state index in [-0.39, 0.29) is 37.3 Å². The summed E-state index contributed by atoms with van der Waals surface area (Å²) in [5.41, 5.74) is -4.29. The number of cyclic esters (lactones) is 1. The minimum absolute atomic E-state index is 0.0349. The Morgan fingerprint density at radius 3 is 2.12 bits per heavy atom. The highest BCUT2D eigenvalue weighted by molar-refractivity contribution is 5.73. The summed E-state index contributed by atoms with van der Waals surface area (Å²) < 4.78 is 44.0. The van der Waals surface area contributed by atoms with E-state index in [0.29, 0.717) is 13.0 Å². The van der Waals surface area contributed by atoms with E-state index in [1.54, 1.807) is 48.7 Å². The monoisotopic (exact) mass is 749 g/mol. The molecule has 0 spiro atoms. The van der Waals surface area contributed by atoms with Crippen molar-refractivity contribution < 1.29 is 58.4 Å². The largest absolute Gasteiger partial charge is 0.459 e. The van der Waals surface area contributed by atoms with Crippen LogP contribution in [-0.2, 0) is 38.0 Å². The smallest absolute Gasteiger partial charge is 0.311 e. The number of rotatable bonds is 8. The summed E-state index contributed by atoms with van der Waals surface area (Å²) in [6, 6.07) is -0.606. The van der Waals surface area contributed by atoms with Crippen LogP contribution in [-0.4, -0.2) is 156 Å². The number of likely N-dealkylation sites (N-methyl/N-ethyl adjacent to an activating group) is 1. The van der Waals surface area contributed by atoms with Crippen molar-refractivity contribution >= 4 is 5.97 Å². The number of carbonyl (C=O) groups excluding carboxylic acids is 1. The predicted octanol–water partition coefficient (Wildman–Crippen LogP) is 2.21. The predicted molar refractivity (Wildman–Crippen MR) is 194 cm³/mol. The fraction of sp³-hybridized carbons (Fsp3) is 0.974. The Hall–Kier alpha value is -1.01. The zero-order valence-corrected chi connectivity index (χ0v) is 34.2. The van der Waals surface area contributed by atoms with Gasteiger partial charge in [-0.05, 0) is 94.3 Å². The summed E-state index contributed by atoms with van der Waals surface area (Å²) in [5, 5.41) is 49.7. The highest BCUT2D eigenvalue weighted by Crippen LogP contribution is 2.40. The molecule has 0 aliphatic carbocycles. The summed E-state index contributed by atoms with van der Waals surface area (Å²) in [6.07, 6.45) is -6.93. The lowest BCUT2D eigenvalue weighted by Crippen LogP contribution is -2.61. The van der Waals surface area contributed by atoms with Crippen molar-refractivity contribution in [2.45, 2.75) is 185 Å². The van der Waals surface area contributed by atoms with Gasteiger partial charge >= 0.3 is 5.97 Å². The van der Waals surface area contributed by atoms with Gasteiger partial charge in [0.2, 0.25) is 0 Å². The van der Waals surface area contributed by atoms with Crippen molar-refractivity contribution in [3.8, 4) is 0 Å². The average molecular weight is 749 g/mol. The summed E-state index contributed by atoms with van der Waals surface area (Å²) in [4.78, 5) is 16.3. The van der Waals surface area contributed by atoms with Crippen molar-refractivity contribution in [3.63, 3.8) is 0 Å². The SMILES string of the molecule is CC[C@H]1OC(=O)[C@H](C)[C@@H](O[C@H]2C[C@@](C)(OC)[C@@H](O)[C@H](C)O2)[C@H](C)[C@@H](OC2O[C@H](C)C[C@H](N(C)C)[C@H]2OC)[C@@](C)(O)C[C@@H](C)CN[C@H](C)[C@@H](O)[C@]1(C)O. The molecule has 3 heterocycles. The number of carbonyl (C=O) groups is 1. The average Bonchev–Trinajstić information content (AvgIpc) is 3.07. The standard InChI is InChI=1S/C38H72N2O12/c1-15-27-38(10,45)31(41)24(6)39-19-20(2)17-36(8,44)33(52-35-30(46-13)26(40(11)12)16-21(3)48-35)22(4)29(23(5)34(43)50-27)51-28-18-37(9,47-14)32(42)25(7)49-28/h20-33,35,39,41-42,44-45H,15-19H2,1-14H3/t20-,21-,22+,23-,24-,25+,26+,27-,28+,29+,30-,31-,32+,33-,35?,36+,37-,38-/m1/s1. The number of nitrogens with one attached hydrogen (secondary N) is 1. The van der Waals surface area contributed by atoms with Crippen LogP contribution in [0.1, 0.15) is 94.9 Å². The van der Waals surface area contributed by atoms with Gasteiger partial charge in [-0.25, -0.2) is 0 Å². The molecule has 3 aliphatic heterocycles. The molecule has 0 bridgehead atoms. The van der Waals surface area contributed by atoms with E-state index in [2.05, 4.69) is 10.2 Å². The maximum absolute atomic E-state index is 14.2. The number of aliphatic hydroxyl groups is 4. The molecular weight excluding hydrogens is 676 g/mol. The van der Waals surface area contributed by atoms with Crippen LogP contribution in [0.5, 0.6) is 0 Å². The van der Waals surface area contributed by atoms with Gasteiger partial charge in [-0.2, -0.15) is 0 Å². The highest BCUT2D eigenvalue weighted by Gasteiger charge is 2.52. The van der Waals surface area contributed by atoms with Gasteiger partial charge in [0, 0.05) is 38.6 Å². The van der Waals surface area contributed by atoms with Crippen molar-refractivity contribution in [2.24, 2.45) is 17.8 Å². The van der Waals surface area contributed by atoms with Crippen LogP contribution in [0.25, 0.3) is 0 Å². The Morgan fingerprint density at radius 1 is 0.923 bits per heavy atom. The van der Waals surface area contributed by atoms with E-state index in [1.165, 1.54) is 14.0 Å². The molecule has 0 aromatic rings. The molecule has 14 nitrogen and oxygen atoms in total. The number of ether oxygens (including phenoxy) is 7. The van der Waals surface area contributed by atoms with Crippen LogP contribution in [0.15, 0.2) is 0 Å². The van der Waals surface area contributed by atoms with Crippen molar-refractivity contribution in [1.29, 1.82) is 0 Å². The quantitative estimate of drug-likeness (QED) is 0.228. The molecule has 3 fully saturated rings. The van der Waals surface area contributed by atoms with Gasteiger partial charge in [-0.1, -0.05) is 20.8 Å². The van der Waals surface area contributed by atoms with Crippen LogP contribution in [0.3, 0.4) is 0 Å². The molecule has 0 aromatic heterocycles. The summed E-state index contributed by atoms with van der Waals surface area (Å²) in [5.74, 6) is -2.46. The van der Waals surface area contributed by atoms with Crippen LogP contribution in [0, 0.1) is 17.8 Å². The Balaban J connectivity index is 2.17. The molecule has 5 N–H and O–H groups in total. The minimum atomic E-state index is -1.79. The number of nitrogens with zero attached hydrogens (tertiary/aromatic N) is 1. The normalized spacial score (nSPS) is 49.2. The molecule has 18 atom stereocenters. The second-order valence-electron chi connectivity index (χ2n) is 16.9. The van der Waals surface area contributed by atoms with Gasteiger partial charge in [0.15, 0.2) is 12.6 Å². The van der Waals surface area contributed by atoms with Gasteiger partial charge < -0.3 is 63.8 Å². The Morgan fingerprint density at radius 2 is 1.56 bits per heavy atom. The summed E-state index contributed by atoms with van der Waals surface area (Å²) >= 11 is 0. The van der Waals surface area contributed by atoms with E-state index in [9.17, 15) is 25.2 Å². The van der Waals surface area contributed by atoms with Gasteiger partial charge in [0.25, 0.3) is 0 Å². The summed E-state index contributed by atoms with van der Waals surface area (Å²) in [7, 11) is 7.10. The first-order valence-corrected chi connectivity index (χ1v) is 19.1. The molecule has 1 unspecified atom stereocenters.